The van der Waals surface area contributed by atoms with E-state index in [1.807, 2.05) is 6.07 Å². The molecule has 1 heterocycles. The van der Waals surface area contributed by atoms with E-state index in [1.165, 1.54) is 43.4 Å². The summed E-state index contributed by atoms with van der Waals surface area (Å²) < 4.78 is 2.13. The van der Waals surface area contributed by atoms with Crippen molar-refractivity contribution in [1.82, 2.24) is 9.78 Å². The van der Waals surface area contributed by atoms with Crippen LogP contribution in [0.1, 0.15) is 85.6 Å². The van der Waals surface area contributed by atoms with Gasteiger partial charge in [-0.15, -0.1) is 0 Å². The SMILES string of the molecule is CC1(C)CC(=O)c2c(C3CCCCC3)nn(Cc3ccccc3)c2C1. The van der Waals surface area contributed by atoms with E-state index in [0.29, 0.717) is 18.1 Å². The Hall–Kier alpha value is -1.90. The number of carbonyl (C=O) groups is 1. The van der Waals surface area contributed by atoms with Gasteiger partial charge in [-0.05, 0) is 30.2 Å². The van der Waals surface area contributed by atoms with Crippen LogP contribution in [0.5, 0.6) is 0 Å². The van der Waals surface area contributed by atoms with E-state index in [4.69, 9.17) is 5.10 Å². The zero-order valence-corrected chi connectivity index (χ0v) is 15.4. The maximum absolute atomic E-state index is 13.0. The molecule has 3 nitrogen and oxygen atoms in total. The summed E-state index contributed by atoms with van der Waals surface area (Å²) in [5, 5.41) is 5.02. The highest BCUT2D eigenvalue weighted by Crippen LogP contribution is 2.41. The van der Waals surface area contributed by atoms with Crippen LogP contribution in [0.25, 0.3) is 0 Å². The van der Waals surface area contributed by atoms with E-state index in [2.05, 4.69) is 42.8 Å². The second-order valence-electron chi connectivity index (χ2n) is 8.63. The van der Waals surface area contributed by atoms with Gasteiger partial charge in [-0.25, -0.2) is 0 Å². The molecule has 1 aromatic heterocycles. The molecule has 3 heteroatoms. The van der Waals surface area contributed by atoms with Crippen molar-refractivity contribution in [2.45, 2.75) is 71.3 Å². The van der Waals surface area contributed by atoms with Crippen molar-refractivity contribution in [3.05, 3.63) is 52.8 Å². The van der Waals surface area contributed by atoms with Gasteiger partial charge in [0, 0.05) is 12.3 Å². The number of Topliss-reactive ketones (excluding diaryl/α,β-unsaturated/α-hetero) is 1. The van der Waals surface area contributed by atoms with Crippen LogP contribution in [0.15, 0.2) is 30.3 Å². The highest BCUT2D eigenvalue weighted by molar-refractivity contribution is 6.00. The first-order valence-corrected chi connectivity index (χ1v) is 9.70. The Morgan fingerprint density at radius 1 is 1.08 bits per heavy atom. The van der Waals surface area contributed by atoms with Gasteiger partial charge < -0.3 is 0 Å². The van der Waals surface area contributed by atoms with Crippen molar-refractivity contribution in [1.29, 1.82) is 0 Å². The number of nitrogens with zero attached hydrogens (tertiary/aromatic N) is 2. The number of carbonyl (C=O) groups excluding carboxylic acids is 1. The molecule has 1 aromatic carbocycles. The zero-order chi connectivity index (χ0) is 17.4. The molecule has 2 aromatic rings. The molecule has 0 unspecified atom stereocenters. The summed E-state index contributed by atoms with van der Waals surface area (Å²) >= 11 is 0. The van der Waals surface area contributed by atoms with Gasteiger partial charge >= 0.3 is 0 Å². The normalized spacial score (nSPS) is 20.5. The van der Waals surface area contributed by atoms with Gasteiger partial charge in [-0.3, -0.25) is 9.48 Å². The van der Waals surface area contributed by atoms with Gasteiger partial charge in [0.05, 0.1) is 23.5 Å². The Labute approximate surface area is 150 Å². The van der Waals surface area contributed by atoms with E-state index in [1.54, 1.807) is 0 Å². The number of benzene rings is 1. The molecule has 0 amide bonds. The van der Waals surface area contributed by atoms with E-state index >= 15 is 0 Å². The van der Waals surface area contributed by atoms with Gasteiger partial charge in [0.15, 0.2) is 5.78 Å². The summed E-state index contributed by atoms with van der Waals surface area (Å²) in [6.07, 6.45) is 7.83. The lowest BCUT2D eigenvalue weighted by Crippen LogP contribution is -2.29. The molecule has 0 radical (unpaired) electrons. The van der Waals surface area contributed by atoms with E-state index in [0.717, 1.165) is 24.2 Å². The summed E-state index contributed by atoms with van der Waals surface area (Å²) in [5.74, 6) is 0.788. The third-order valence-electron chi connectivity index (χ3n) is 5.82. The maximum atomic E-state index is 13.0. The Morgan fingerprint density at radius 3 is 2.52 bits per heavy atom. The second-order valence-corrected chi connectivity index (χ2v) is 8.63. The Balaban J connectivity index is 1.77. The molecule has 0 spiro atoms. The fourth-order valence-electron chi connectivity index (χ4n) is 4.59. The minimum absolute atomic E-state index is 0.0301. The summed E-state index contributed by atoms with van der Waals surface area (Å²) in [6, 6.07) is 10.5. The molecule has 1 saturated carbocycles. The first-order chi connectivity index (χ1) is 12.0. The third-order valence-corrected chi connectivity index (χ3v) is 5.82. The molecule has 0 N–H and O–H groups in total. The largest absolute Gasteiger partial charge is 0.294 e. The average molecular weight is 336 g/mol. The van der Waals surface area contributed by atoms with Crippen molar-refractivity contribution in [3.63, 3.8) is 0 Å². The van der Waals surface area contributed by atoms with Crippen LogP contribution < -0.4 is 0 Å². The van der Waals surface area contributed by atoms with Crippen LogP contribution in [0.4, 0.5) is 0 Å². The van der Waals surface area contributed by atoms with Crippen LogP contribution in [-0.4, -0.2) is 15.6 Å². The molecule has 132 valence electrons. The van der Waals surface area contributed by atoms with Gasteiger partial charge in [-0.2, -0.15) is 5.10 Å². The molecule has 0 saturated heterocycles. The predicted octanol–water partition coefficient (Wildman–Crippen LogP) is 5.13. The van der Waals surface area contributed by atoms with Gasteiger partial charge in [0.25, 0.3) is 0 Å². The molecular weight excluding hydrogens is 308 g/mol. The number of hydrogen-bond donors (Lipinski definition) is 0. The molecule has 0 bridgehead atoms. The first-order valence-electron chi connectivity index (χ1n) is 9.70. The van der Waals surface area contributed by atoms with Crippen LogP contribution in [0.3, 0.4) is 0 Å². The number of aromatic nitrogens is 2. The highest BCUT2D eigenvalue weighted by Gasteiger charge is 2.38. The lowest BCUT2D eigenvalue weighted by atomic mass is 9.74. The van der Waals surface area contributed by atoms with Crippen molar-refractivity contribution in [2.75, 3.05) is 0 Å². The monoisotopic (exact) mass is 336 g/mol. The minimum Gasteiger partial charge on any atom is -0.294 e. The summed E-state index contributed by atoms with van der Waals surface area (Å²) in [4.78, 5) is 13.0. The standard InChI is InChI=1S/C22H28N2O/c1-22(2)13-18-20(19(25)14-22)21(17-11-7-4-8-12-17)23-24(18)15-16-9-5-3-6-10-16/h3,5-6,9-10,17H,4,7-8,11-15H2,1-2H3. The lowest BCUT2D eigenvalue weighted by Gasteiger charge is -2.30. The molecule has 25 heavy (non-hydrogen) atoms. The fraction of sp³-hybridized carbons (Fsp3) is 0.545. The highest BCUT2D eigenvalue weighted by atomic mass is 16.1. The molecular formula is C22H28N2O. The van der Waals surface area contributed by atoms with E-state index in [9.17, 15) is 4.79 Å². The lowest BCUT2D eigenvalue weighted by molar-refractivity contribution is 0.0908. The number of fused-ring (bicyclic) bond motifs is 1. The minimum atomic E-state index is 0.0301. The zero-order valence-electron chi connectivity index (χ0n) is 15.4. The van der Waals surface area contributed by atoms with Gasteiger partial charge in [0.2, 0.25) is 0 Å². The Bertz CT molecular complexity index is 767. The Morgan fingerprint density at radius 2 is 1.80 bits per heavy atom. The van der Waals surface area contributed by atoms with Crippen molar-refractivity contribution in [2.24, 2.45) is 5.41 Å². The second kappa shape index (κ2) is 6.44. The van der Waals surface area contributed by atoms with Crippen molar-refractivity contribution in [3.8, 4) is 0 Å². The number of hydrogen-bond acceptors (Lipinski definition) is 2. The van der Waals surface area contributed by atoms with Crippen molar-refractivity contribution >= 4 is 5.78 Å². The van der Waals surface area contributed by atoms with Crippen LogP contribution in [-0.2, 0) is 13.0 Å². The quantitative estimate of drug-likeness (QED) is 0.778. The Kier molecular flexibility index (Phi) is 4.26. The third kappa shape index (κ3) is 3.29. The molecule has 4 rings (SSSR count). The first kappa shape index (κ1) is 16.6. The maximum Gasteiger partial charge on any atom is 0.167 e. The fourth-order valence-corrected chi connectivity index (χ4v) is 4.59. The molecule has 2 aliphatic carbocycles. The summed E-state index contributed by atoms with van der Waals surface area (Å²) in [7, 11) is 0. The summed E-state index contributed by atoms with van der Waals surface area (Å²) in [5.41, 5.74) is 4.53. The molecule has 1 fully saturated rings. The smallest absolute Gasteiger partial charge is 0.167 e. The van der Waals surface area contributed by atoms with Crippen LogP contribution in [0.2, 0.25) is 0 Å². The topological polar surface area (TPSA) is 34.9 Å². The van der Waals surface area contributed by atoms with Crippen molar-refractivity contribution < 1.29 is 4.79 Å². The van der Waals surface area contributed by atoms with Gasteiger partial charge in [0.1, 0.15) is 0 Å². The van der Waals surface area contributed by atoms with E-state index < -0.39 is 0 Å². The number of rotatable bonds is 3. The average Bonchev–Trinajstić information content (AvgIpc) is 2.94. The van der Waals surface area contributed by atoms with E-state index in [-0.39, 0.29) is 5.41 Å². The molecule has 0 atom stereocenters. The predicted molar refractivity (Wildman–Crippen MR) is 100 cm³/mol. The number of ketones is 1. The summed E-state index contributed by atoms with van der Waals surface area (Å²) in [6.45, 7) is 5.17. The van der Waals surface area contributed by atoms with Gasteiger partial charge in [-0.1, -0.05) is 63.4 Å². The van der Waals surface area contributed by atoms with Crippen LogP contribution in [0, 0.1) is 5.41 Å². The molecule has 2 aliphatic rings. The van der Waals surface area contributed by atoms with Crippen LogP contribution >= 0.6 is 0 Å². The molecule has 0 aliphatic heterocycles.